The standard InChI is InChI=1S/C19H28N2O4/c1-13(2)15-10-21(11-16(15)19(23)24)12-18(22)20-9-8-14-6-4-5-7-17(14)25-3/h4-7,13,15-16H,8-12H2,1-3H3,(H,20,22)(H,23,24)/t15-,16+/m0/s1. The number of ether oxygens (including phenoxy) is 1. The van der Waals surface area contributed by atoms with Crippen molar-refractivity contribution in [2.24, 2.45) is 17.8 Å². The number of hydrogen-bond acceptors (Lipinski definition) is 4. The largest absolute Gasteiger partial charge is 0.496 e. The molecule has 138 valence electrons. The van der Waals surface area contributed by atoms with Gasteiger partial charge in [-0.2, -0.15) is 0 Å². The quantitative estimate of drug-likeness (QED) is 0.747. The van der Waals surface area contributed by atoms with Crippen LogP contribution in [0.3, 0.4) is 0 Å². The summed E-state index contributed by atoms with van der Waals surface area (Å²) in [6, 6.07) is 7.75. The Morgan fingerprint density at radius 2 is 2.04 bits per heavy atom. The third-order valence-electron chi connectivity index (χ3n) is 4.89. The van der Waals surface area contributed by atoms with Crippen molar-refractivity contribution in [3.63, 3.8) is 0 Å². The topological polar surface area (TPSA) is 78.9 Å². The summed E-state index contributed by atoms with van der Waals surface area (Å²) in [5.74, 6) is -0.0124. The molecular formula is C19H28N2O4. The Hall–Kier alpha value is -2.08. The molecule has 1 aromatic rings. The molecule has 1 aliphatic heterocycles. The zero-order valence-electron chi connectivity index (χ0n) is 15.2. The van der Waals surface area contributed by atoms with Crippen molar-refractivity contribution in [3.05, 3.63) is 29.8 Å². The Labute approximate surface area is 149 Å². The van der Waals surface area contributed by atoms with Gasteiger partial charge in [-0.3, -0.25) is 14.5 Å². The summed E-state index contributed by atoms with van der Waals surface area (Å²) < 4.78 is 5.30. The molecule has 1 aliphatic rings. The highest BCUT2D eigenvalue weighted by atomic mass is 16.5. The van der Waals surface area contributed by atoms with Crippen molar-refractivity contribution >= 4 is 11.9 Å². The average Bonchev–Trinajstić information content (AvgIpc) is 2.99. The first kappa shape index (κ1) is 19.2. The highest BCUT2D eigenvalue weighted by Gasteiger charge is 2.39. The molecule has 0 aromatic heterocycles. The maximum Gasteiger partial charge on any atom is 0.308 e. The highest BCUT2D eigenvalue weighted by molar-refractivity contribution is 5.78. The summed E-state index contributed by atoms with van der Waals surface area (Å²) in [7, 11) is 1.63. The van der Waals surface area contributed by atoms with Crippen LogP contribution < -0.4 is 10.1 Å². The second-order valence-electron chi connectivity index (χ2n) is 6.96. The van der Waals surface area contributed by atoms with Crippen molar-refractivity contribution < 1.29 is 19.4 Å². The van der Waals surface area contributed by atoms with E-state index in [4.69, 9.17) is 4.74 Å². The first-order valence-electron chi connectivity index (χ1n) is 8.76. The van der Waals surface area contributed by atoms with Gasteiger partial charge in [-0.15, -0.1) is 0 Å². The number of likely N-dealkylation sites (tertiary alicyclic amines) is 1. The number of carbonyl (C=O) groups excluding carboxylic acids is 1. The van der Waals surface area contributed by atoms with E-state index in [1.165, 1.54) is 0 Å². The number of hydrogen-bond donors (Lipinski definition) is 2. The van der Waals surface area contributed by atoms with E-state index in [0.717, 1.165) is 11.3 Å². The third kappa shape index (κ3) is 5.19. The first-order valence-corrected chi connectivity index (χ1v) is 8.76. The minimum atomic E-state index is -0.766. The molecule has 0 aliphatic carbocycles. The molecule has 1 fully saturated rings. The van der Waals surface area contributed by atoms with Crippen LogP contribution in [0.15, 0.2) is 24.3 Å². The normalized spacial score (nSPS) is 20.6. The lowest BCUT2D eigenvalue weighted by Crippen LogP contribution is -2.37. The Balaban J connectivity index is 1.80. The average molecular weight is 348 g/mol. The van der Waals surface area contributed by atoms with Gasteiger partial charge in [-0.1, -0.05) is 32.0 Å². The van der Waals surface area contributed by atoms with Crippen molar-refractivity contribution in [2.75, 3.05) is 33.3 Å². The predicted molar refractivity (Wildman–Crippen MR) is 95.6 cm³/mol. The minimum absolute atomic E-state index is 0.0663. The lowest BCUT2D eigenvalue weighted by atomic mass is 9.86. The number of carboxylic acid groups (broad SMARTS) is 1. The SMILES string of the molecule is COc1ccccc1CCNC(=O)CN1C[C@@H](C(=O)O)[C@H](C(C)C)C1. The zero-order valence-corrected chi connectivity index (χ0v) is 15.2. The minimum Gasteiger partial charge on any atom is -0.496 e. The number of aliphatic carboxylic acids is 1. The second-order valence-corrected chi connectivity index (χ2v) is 6.96. The Morgan fingerprint density at radius 3 is 2.64 bits per heavy atom. The van der Waals surface area contributed by atoms with Crippen LogP contribution in [0, 0.1) is 17.8 Å². The van der Waals surface area contributed by atoms with Crippen LogP contribution in [-0.4, -0.2) is 55.2 Å². The van der Waals surface area contributed by atoms with Gasteiger partial charge in [0.25, 0.3) is 0 Å². The van der Waals surface area contributed by atoms with Crippen molar-refractivity contribution in [1.29, 1.82) is 0 Å². The first-order chi connectivity index (χ1) is 11.9. The van der Waals surface area contributed by atoms with Crippen LogP contribution in [0.4, 0.5) is 0 Å². The molecule has 1 amide bonds. The van der Waals surface area contributed by atoms with E-state index in [0.29, 0.717) is 32.0 Å². The fourth-order valence-electron chi connectivity index (χ4n) is 3.48. The lowest BCUT2D eigenvalue weighted by Gasteiger charge is -2.18. The van der Waals surface area contributed by atoms with E-state index in [9.17, 15) is 14.7 Å². The molecule has 0 saturated carbocycles. The third-order valence-corrected chi connectivity index (χ3v) is 4.89. The molecule has 1 saturated heterocycles. The summed E-state index contributed by atoms with van der Waals surface area (Å²) in [6.45, 7) is 5.96. The summed E-state index contributed by atoms with van der Waals surface area (Å²) in [5.41, 5.74) is 1.05. The van der Waals surface area contributed by atoms with Crippen LogP contribution in [0.5, 0.6) is 5.75 Å². The van der Waals surface area contributed by atoms with Gasteiger partial charge in [0.15, 0.2) is 0 Å². The van der Waals surface area contributed by atoms with Gasteiger partial charge in [-0.05, 0) is 29.9 Å². The summed E-state index contributed by atoms with van der Waals surface area (Å²) >= 11 is 0. The van der Waals surface area contributed by atoms with Crippen LogP contribution in [-0.2, 0) is 16.0 Å². The predicted octanol–water partition coefficient (Wildman–Crippen LogP) is 1.64. The molecule has 0 radical (unpaired) electrons. The number of methoxy groups -OCH3 is 1. The maximum absolute atomic E-state index is 12.2. The fourth-order valence-corrected chi connectivity index (χ4v) is 3.48. The van der Waals surface area contributed by atoms with E-state index in [1.807, 2.05) is 43.0 Å². The van der Waals surface area contributed by atoms with Gasteiger partial charge >= 0.3 is 5.97 Å². The number of nitrogens with one attached hydrogen (secondary N) is 1. The Bertz CT molecular complexity index is 603. The Kier molecular flexibility index (Phi) is 6.82. The van der Waals surface area contributed by atoms with E-state index >= 15 is 0 Å². The van der Waals surface area contributed by atoms with Gasteiger partial charge in [0.2, 0.25) is 5.91 Å². The molecule has 0 unspecified atom stereocenters. The second kappa shape index (κ2) is 8.85. The zero-order chi connectivity index (χ0) is 18.4. The van der Waals surface area contributed by atoms with E-state index in [-0.39, 0.29) is 24.3 Å². The molecule has 6 nitrogen and oxygen atoms in total. The van der Waals surface area contributed by atoms with Gasteiger partial charge in [-0.25, -0.2) is 0 Å². The maximum atomic E-state index is 12.2. The molecule has 2 atom stereocenters. The fraction of sp³-hybridized carbons (Fsp3) is 0.579. The number of carboxylic acids is 1. The monoisotopic (exact) mass is 348 g/mol. The summed E-state index contributed by atoms with van der Waals surface area (Å²) in [4.78, 5) is 25.5. The molecular weight excluding hydrogens is 320 g/mol. The molecule has 25 heavy (non-hydrogen) atoms. The molecule has 2 N–H and O–H groups in total. The van der Waals surface area contributed by atoms with Crippen molar-refractivity contribution in [2.45, 2.75) is 20.3 Å². The number of amides is 1. The van der Waals surface area contributed by atoms with Crippen LogP contribution in [0.2, 0.25) is 0 Å². The number of benzene rings is 1. The van der Waals surface area contributed by atoms with Crippen LogP contribution in [0.25, 0.3) is 0 Å². The lowest BCUT2D eigenvalue weighted by molar-refractivity contribution is -0.143. The van der Waals surface area contributed by atoms with Crippen LogP contribution in [0.1, 0.15) is 19.4 Å². The van der Waals surface area contributed by atoms with Gasteiger partial charge < -0.3 is 15.2 Å². The summed E-state index contributed by atoms with van der Waals surface area (Å²) in [5, 5.41) is 12.3. The Morgan fingerprint density at radius 1 is 1.32 bits per heavy atom. The number of nitrogens with zero attached hydrogens (tertiary/aromatic N) is 1. The van der Waals surface area contributed by atoms with Gasteiger partial charge in [0, 0.05) is 19.6 Å². The molecule has 1 aromatic carbocycles. The number of para-hydroxylation sites is 1. The number of rotatable bonds is 8. The van der Waals surface area contributed by atoms with Crippen LogP contribution >= 0.6 is 0 Å². The highest BCUT2D eigenvalue weighted by Crippen LogP contribution is 2.29. The van der Waals surface area contributed by atoms with Gasteiger partial charge in [0.05, 0.1) is 19.6 Å². The molecule has 0 spiro atoms. The van der Waals surface area contributed by atoms with Gasteiger partial charge in [0.1, 0.15) is 5.75 Å². The van der Waals surface area contributed by atoms with E-state index in [1.54, 1.807) is 7.11 Å². The van der Waals surface area contributed by atoms with E-state index < -0.39 is 5.97 Å². The van der Waals surface area contributed by atoms with E-state index in [2.05, 4.69) is 5.32 Å². The number of carbonyl (C=O) groups is 2. The molecule has 6 heteroatoms. The molecule has 0 bridgehead atoms. The summed E-state index contributed by atoms with van der Waals surface area (Å²) in [6.07, 6.45) is 0.697. The smallest absolute Gasteiger partial charge is 0.308 e. The van der Waals surface area contributed by atoms with Crippen molar-refractivity contribution in [3.8, 4) is 5.75 Å². The molecule has 2 rings (SSSR count). The van der Waals surface area contributed by atoms with Crippen molar-refractivity contribution in [1.82, 2.24) is 10.2 Å². The molecule has 1 heterocycles.